The van der Waals surface area contributed by atoms with Crippen molar-refractivity contribution < 1.29 is 0 Å². The van der Waals surface area contributed by atoms with Crippen LogP contribution >= 0.6 is 23.2 Å². The predicted octanol–water partition coefficient (Wildman–Crippen LogP) is 5.41. The van der Waals surface area contributed by atoms with Crippen LogP contribution in [0.4, 0.5) is 17.3 Å². The number of hydrogen-bond donors (Lipinski definition) is 0. The molecule has 0 saturated heterocycles. The average molecular weight is 379 g/mol. The monoisotopic (exact) mass is 378 g/mol. The lowest BCUT2D eigenvalue weighted by molar-refractivity contribution is 0.718. The fraction of sp³-hybridized carbons (Fsp3) is 0.474. The number of fused-ring (bicyclic) bond motifs is 1. The van der Waals surface area contributed by atoms with E-state index in [4.69, 9.17) is 33.2 Å². The number of anilines is 3. The van der Waals surface area contributed by atoms with Crippen LogP contribution < -0.4 is 9.80 Å². The van der Waals surface area contributed by atoms with Crippen LogP contribution in [0.3, 0.4) is 0 Å². The highest BCUT2D eigenvalue weighted by molar-refractivity contribution is 6.36. The normalized spacial score (nSPS) is 13.2. The topological polar surface area (TPSA) is 32.3 Å². The number of rotatable bonds is 6. The minimum Gasteiger partial charge on any atom is -0.356 e. The summed E-state index contributed by atoms with van der Waals surface area (Å²) in [6.07, 6.45) is 3.26. The zero-order valence-electron chi connectivity index (χ0n) is 15.0. The van der Waals surface area contributed by atoms with Crippen LogP contribution in [-0.4, -0.2) is 29.6 Å². The number of unbranched alkanes of at least 4 members (excludes halogenated alkanes) is 1. The summed E-state index contributed by atoms with van der Waals surface area (Å²) >= 11 is 12.5. The first-order valence-corrected chi connectivity index (χ1v) is 9.65. The second kappa shape index (κ2) is 7.79. The molecule has 3 rings (SSSR count). The van der Waals surface area contributed by atoms with Crippen molar-refractivity contribution >= 4 is 40.5 Å². The first-order valence-electron chi connectivity index (χ1n) is 8.90. The summed E-state index contributed by atoms with van der Waals surface area (Å²) in [6.45, 7) is 9.18. The molecule has 1 aliphatic rings. The van der Waals surface area contributed by atoms with Gasteiger partial charge in [0.05, 0.1) is 10.7 Å². The summed E-state index contributed by atoms with van der Waals surface area (Å²) < 4.78 is 0. The van der Waals surface area contributed by atoms with Gasteiger partial charge in [0.2, 0.25) is 0 Å². The van der Waals surface area contributed by atoms with Crippen LogP contribution in [0.1, 0.15) is 38.1 Å². The number of benzene rings is 1. The molecule has 2 heterocycles. The van der Waals surface area contributed by atoms with Crippen molar-refractivity contribution in [1.29, 1.82) is 0 Å². The van der Waals surface area contributed by atoms with Crippen molar-refractivity contribution in [2.45, 2.75) is 40.0 Å². The van der Waals surface area contributed by atoms with Gasteiger partial charge in [0.25, 0.3) is 0 Å². The summed E-state index contributed by atoms with van der Waals surface area (Å²) in [5.41, 5.74) is 2.17. The van der Waals surface area contributed by atoms with Gasteiger partial charge in [0.15, 0.2) is 0 Å². The van der Waals surface area contributed by atoms with E-state index in [1.54, 1.807) is 6.07 Å². The molecule has 0 saturated carbocycles. The largest absolute Gasteiger partial charge is 0.356 e. The fourth-order valence-electron chi connectivity index (χ4n) is 3.30. The molecule has 0 bridgehead atoms. The van der Waals surface area contributed by atoms with Gasteiger partial charge in [0, 0.05) is 30.2 Å². The highest BCUT2D eigenvalue weighted by atomic mass is 35.5. The molecule has 1 aromatic carbocycles. The van der Waals surface area contributed by atoms with E-state index in [1.807, 2.05) is 19.1 Å². The molecule has 0 radical (unpaired) electrons. The van der Waals surface area contributed by atoms with E-state index in [1.165, 1.54) is 18.4 Å². The summed E-state index contributed by atoms with van der Waals surface area (Å²) in [5, 5.41) is 1.29. The van der Waals surface area contributed by atoms with Crippen LogP contribution in [0, 0.1) is 6.92 Å². The molecule has 0 unspecified atom stereocenters. The maximum atomic E-state index is 6.43. The smallest absolute Gasteiger partial charge is 0.142 e. The quantitative estimate of drug-likeness (QED) is 0.672. The van der Waals surface area contributed by atoms with E-state index >= 15 is 0 Å². The number of hydrogen-bond acceptors (Lipinski definition) is 4. The zero-order chi connectivity index (χ0) is 18.0. The van der Waals surface area contributed by atoms with Crippen LogP contribution in [0.25, 0.3) is 0 Å². The number of aromatic nitrogens is 2. The molecule has 0 amide bonds. The summed E-state index contributed by atoms with van der Waals surface area (Å²) in [6, 6.07) is 5.62. The lowest BCUT2D eigenvalue weighted by Gasteiger charge is -2.25. The molecule has 6 heteroatoms. The Bertz CT molecular complexity index is 763. The van der Waals surface area contributed by atoms with Gasteiger partial charge < -0.3 is 9.80 Å². The molecule has 0 spiro atoms. The van der Waals surface area contributed by atoms with E-state index in [9.17, 15) is 0 Å². The highest BCUT2D eigenvalue weighted by Crippen LogP contribution is 2.40. The average Bonchev–Trinajstić information content (AvgIpc) is 2.99. The maximum absolute atomic E-state index is 6.43. The van der Waals surface area contributed by atoms with Crippen LogP contribution in [-0.2, 0) is 6.42 Å². The van der Waals surface area contributed by atoms with E-state index in [2.05, 4.69) is 23.6 Å². The summed E-state index contributed by atoms with van der Waals surface area (Å²) in [4.78, 5) is 14.0. The molecule has 1 aromatic heterocycles. The molecule has 4 nitrogen and oxygen atoms in total. The Morgan fingerprint density at radius 3 is 2.68 bits per heavy atom. The molecule has 25 heavy (non-hydrogen) atoms. The minimum atomic E-state index is 0.643. The predicted molar refractivity (Wildman–Crippen MR) is 107 cm³/mol. The molecule has 0 N–H and O–H groups in total. The Morgan fingerprint density at radius 2 is 2.00 bits per heavy atom. The van der Waals surface area contributed by atoms with Crippen molar-refractivity contribution in [3.8, 4) is 0 Å². The first-order chi connectivity index (χ1) is 12.0. The highest BCUT2D eigenvalue weighted by Gasteiger charge is 2.29. The molecule has 1 aliphatic heterocycles. The third-order valence-corrected chi connectivity index (χ3v) is 5.12. The van der Waals surface area contributed by atoms with Gasteiger partial charge in [0.1, 0.15) is 17.5 Å². The minimum absolute atomic E-state index is 0.643. The van der Waals surface area contributed by atoms with Crippen molar-refractivity contribution in [3.63, 3.8) is 0 Å². The van der Waals surface area contributed by atoms with Crippen LogP contribution in [0.2, 0.25) is 10.0 Å². The van der Waals surface area contributed by atoms with Crippen molar-refractivity contribution in [1.82, 2.24) is 9.97 Å². The van der Waals surface area contributed by atoms with Crippen LogP contribution in [0.15, 0.2) is 18.2 Å². The Kier molecular flexibility index (Phi) is 5.70. The van der Waals surface area contributed by atoms with E-state index in [0.717, 1.165) is 49.2 Å². The zero-order valence-corrected chi connectivity index (χ0v) is 16.5. The van der Waals surface area contributed by atoms with Crippen molar-refractivity contribution in [3.05, 3.63) is 39.6 Å². The fourth-order valence-corrected chi connectivity index (χ4v) is 3.81. The molecule has 2 aromatic rings. The Hall–Kier alpha value is -1.52. The van der Waals surface area contributed by atoms with Gasteiger partial charge in [-0.25, -0.2) is 9.97 Å². The van der Waals surface area contributed by atoms with Crippen molar-refractivity contribution in [2.75, 3.05) is 29.4 Å². The second-order valence-electron chi connectivity index (χ2n) is 6.33. The van der Waals surface area contributed by atoms with Gasteiger partial charge in [-0.15, -0.1) is 0 Å². The number of aryl methyl sites for hydroxylation is 1. The first kappa shape index (κ1) is 18.3. The van der Waals surface area contributed by atoms with Crippen LogP contribution in [0.5, 0.6) is 0 Å². The van der Waals surface area contributed by atoms with Crippen molar-refractivity contribution in [2.24, 2.45) is 0 Å². The maximum Gasteiger partial charge on any atom is 0.142 e. The van der Waals surface area contributed by atoms with Gasteiger partial charge >= 0.3 is 0 Å². The van der Waals surface area contributed by atoms with Gasteiger partial charge in [-0.3, -0.25) is 0 Å². The second-order valence-corrected chi connectivity index (χ2v) is 7.17. The van der Waals surface area contributed by atoms with E-state index < -0.39 is 0 Å². The molecule has 0 fully saturated rings. The van der Waals surface area contributed by atoms with E-state index in [-0.39, 0.29) is 0 Å². The Balaban J connectivity index is 2.02. The molecule has 134 valence electrons. The van der Waals surface area contributed by atoms with Gasteiger partial charge in [-0.05, 0) is 44.9 Å². The Morgan fingerprint density at radius 1 is 1.20 bits per heavy atom. The molecular weight excluding hydrogens is 355 g/mol. The van der Waals surface area contributed by atoms with E-state index in [0.29, 0.717) is 10.0 Å². The molecule has 0 atom stereocenters. The summed E-state index contributed by atoms with van der Waals surface area (Å²) in [7, 11) is 0. The lowest BCUT2D eigenvalue weighted by Crippen LogP contribution is -2.26. The lowest BCUT2D eigenvalue weighted by atomic mass is 10.2. The number of halogens is 2. The standard InChI is InChI=1S/C19H24Cl2N4/c1-4-6-10-24(5-2)18-15-9-11-25(19(15)23-13(3)22-18)17-8-7-14(20)12-16(17)21/h7-8,12H,4-6,9-11H2,1-3H3. The molecule has 0 aliphatic carbocycles. The SMILES string of the molecule is CCCCN(CC)c1nc(C)nc2c1CCN2c1ccc(Cl)cc1Cl. The molecular formula is C19H24Cl2N4. The third kappa shape index (κ3) is 3.70. The van der Waals surface area contributed by atoms with Gasteiger partial charge in [-0.2, -0.15) is 0 Å². The van der Waals surface area contributed by atoms with Gasteiger partial charge in [-0.1, -0.05) is 36.5 Å². The summed E-state index contributed by atoms with van der Waals surface area (Å²) in [5.74, 6) is 2.84. The third-order valence-electron chi connectivity index (χ3n) is 4.58. The number of nitrogens with zero attached hydrogens (tertiary/aromatic N) is 4. The Labute approximate surface area is 159 Å².